The van der Waals surface area contributed by atoms with Gasteiger partial charge in [0.15, 0.2) is 0 Å². The summed E-state index contributed by atoms with van der Waals surface area (Å²) in [5.74, 6) is -0.382. The van der Waals surface area contributed by atoms with E-state index in [1.807, 2.05) is 13.0 Å². The van der Waals surface area contributed by atoms with E-state index in [0.717, 1.165) is 32.8 Å². The molecular formula is C14H18FN3O. The summed E-state index contributed by atoms with van der Waals surface area (Å²) in [5.41, 5.74) is 0.781. The predicted molar refractivity (Wildman–Crippen MR) is 71.5 cm³/mol. The number of benzene rings is 1. The van der Waals surface area contributed by atoms with Gasteiger partial charge >= 0.3 is 0 Å². The molecule has 1 aliphatic heterocycles. The van der Waals surface area contributed by atoms with E-state index in [-0.39, 0.29) is 11.9 Å². The third-order valence-electron chi connectivity index (χ3n) is 3.14. The largest absolute Gasteiger partial charge is 0.379 e. The summed E-state index contributed by atoms with van der Waals surface area (Å²) < 4.78 is 19.0. The second-order valence-corrected chi connectivity index (χ2v) is 4.76. The summed E-state index contributed by atoms with van der Waals surface area (Å²) in [5, 5.41) is 11.8. The van der Waals surface area contributed by atoms with Crippen LogP contribution >= 0.6 is 0 Å². The van der Waals surface area contributed by atoms with Gasteiger partial charge in [-0.1, -0.05) is 0 Å². The van der Waals surface area contributed by atoms with Gasteiger partial charge in [-0.15, -0.1) is 0 Å². The van der Waals surface area contributed by atoms with E-state index < -0.39 is 0 Å². The van der Waals surface area contributed by atoms with Crippen molar-refractivity contribution in [1.29, 1.82) is 5.26 Å². The number of morpholine rings is 1. The van der Waals surface area contributed by atoms with Crippen LogP contribution in [0.1, 0.15) is 12.5 Å². The second-order valence-electron chi connectivity index (χ2n) is 4.76. The van der Waals surface area contributed by atoms with Crippen LogP contribution in [0.25, 0.3) is 0 Å². The van der Waals surface area contributed by atoms with E-state index in [2.05, 4.69) is 10.2 Å². The average Bonchev–Trinajstić information content (AvgIpc) is 2.42. The molecule has 0 aliphatic carbocycles. The van der Waals surface area contributed by atoms with Crippen LogP contribution in [0.5, 0.6) is 0 Å². The lowest BCUT2D eigenvalue weighted by molar-refractivity contribution is 0.0368. The number of hydrogen-bond donors (Lipinski definition) is 1. The number of rotatable bonds is 4. The van der Waals surface area contributed by atoms with Crippen LogP contribution in [-0.2, 0) is 4.74 Å². The van der Waals surface area contributed by atoms with Crippen molar-refractivity contribution in [2.75, 3.05) is 38.2 Å². The van der Waals surface area contributed by atoms with Crippen LogP contribution in [-0.4, -0.2) is 43.8 Å². The number of anilines is 1. The minimum Gasteiger partial charge on any atom is -0.379 e. The van der Waals surface area contributed by atoms with Crippen LogP contribution in [0, 0.1) is 17.1 Å². The molecule has 1 atom stereocenters. The molecule has 19 heavy (non-hydrogen) atoms. The van der Waals surface area contributed by atoms with Crippen molar-refractivity contribution in [2.24, 2.45) is 0 Å². The average molecular weight is 263 g/mol. The van der Waals surface area contributed by atoms with Gasteiger partial charge in [0.25, 0.3) is 0 Å². The van der Waals surface area contributed by atoms with Crippen LogP contribution < -0.4 is 5.32 Å². The maximum Gasteiger partial charge on any atom is 0.147 e. The van der Waals surface area contributed by atoms with Gasteiger partial charge in [-0.05, 0) is 25.1 Å². The molecule has 1 aliphatic rings. The van der Waals surface area contributed by atoms with Crippen molar-refractivity contribution in [2.45, 2.75) is 13.0 Å². The molecular weight excluding hydrogens is 245 g/mol. The Morgan fingerprint density at radius 2 is 2.21 bits per heavy atom. The molecule has 2 rings (SSSR count). The maximum absolute atomic E-state index is 13.7. The first kappa shape index (κ1) is 13.8. The minimum absolute atomic E-state index is 0.139. The van der Waals surface area contributed by atoms with E-state index in [9.17, 15) is 4.39 Å². The first-order valence-corrected chi connectivity index (χ1v) is 6.45. The van der Waals surface area contributed by atoms with Crippen molar-refractivity contribution < 1.29 is 9.13 Å². The summed E-state index contributed by atoms with van der Waals surface area (Å²) >= 11 is 0. The first-order valence-electron chi connectivity index (χ1n) is 6.45. The molecule has 4 nitrogen and oxygen atoms in total. The highest BCUT2D eigenvalue weighted by Gasteiger charge is 2.14. The van der Waals surface area contributed by atoms with Crippen LogP contribution in [0.4, 0.5) is 10.1 Å². The van der Waals surface area contributed by atoms with Crippen molar-refractivity contribution in [3.8, 4) is 6.07 Å². The van der Waals surface area contributed by atoms with Crippen molar-refractivity contribution in [1.82, 2.24) is 4.90 Å². The predicted octanol–water partition coefficient (Wildman–Crippen LogP) is 1.83. The molecule has 0 radical (unpaired) electrons. The first-order chi connectivity index (χ1) is 9.19. The fraction of sp³-hybridized carbons (Fsp3) is 0.500. The smallest absolute Gasteiger partial charge is 0.147 e. The number of halogens is 1. The Morgan fingerprint density at radius 3 is 2.84 bits per heavy atom. The lowest BCUT2D eigenvalue weighted by Crippen LogP contribution is -2.42. The van der Waals surface area contributed by atoms with Gasteiger partial charge in [-0.25, -0.2) is 4.39 Å². The zero-order valence-corrected chi connectivity index (χ0v) is 11.0. The molecule has 0 bridgehead atoms. The van der Waals surface area contributed by atoms with Gasteiger partial charge in [-0.2, -0.15) is 5.26 Å². The Balaban J connectivity index is 1.91. The highest BCUT2D eigenvalue weighted by molar-refractivity contribution is 5.49. The van der Waals surface area contributed by atoms with Gasteiger partial charge in [0.05, 0.1) is 30.5 Å². The Morgan fingerprint density at radius 1 is 1.47 bits per heavy atom. The minimum atomic E-state index is -0.382. The number of hydrogen-bond acceptors (Lipinski definition) is 4. The number of nitrogens with zero attached hydrogens (tertiary/aromatic N) is 2. The zero-order chi connectivity index (χ0) is 13.7. The molecule has 1 N–H and O–H groups in total. The molecule has 1 heterocycles. The monoisotopic (exact) mass is 263 g/mol. The summed E-state index contributed by atoms with van der Waals surface area (Å²) in [6, 6.07) is 6.55. The summed E-state index contributed by atoms with van der Waals surface area (Å²) in [4.78, 5) is 2.29. The molecule has 0 amide bonds. The fourth-order valence-electron chi connectivity index (χ4n) is 2.18. The van der Waals surface area contributed by atoms with Gasteiger partial charge in [0, 0.05) is 25.7 Å². The molecule has 1 fully saturated rings. The van der Waals surface area contributed by atoms with Gasteiger partial charge in [-0.3, -0.25) is 4.90 Å². The molecule has 1 aromatic carbocycles. The Kier molecular flexibility index (Phi) is 4.72. The molecule has 0 saturated carbocycles. The van der Waals surface area contributed by atoms with E-state index in [0.29, 0.717) is 11.3 Å². The van der Waals surface area contributed by atoms with Crippen molar-refractivity contribution >= 4 is 5.69 Å². The third-order valence-corrected chi connectivity index (χ3v) is 3.14. The van der Waals surface area contributed by atoms with Crippen LogP contribution in [0.3, 0.4) is 0 Å². The third kappa shape index (κ3) is 3.91. The highest BCUT2D eigenvalue weighted by Crippen LogP contribution is 2.16. The standard InChI is InChI=1S/C14H18FN3O/c1-11(10-18-4-6-19-7-5-18)17-14-3-2-12(9-16)8-13(14)15/h2-3,8,11,17H,4-7,10H2,1H3. The second kappa shape index (κ2) is 6.50. The molecule has 5 heteroatoms. The summed E-state index contributed by atoms with van der Waals surface area (Å²) in [6.45, 7) is 6.23. The Bertz CT molecular complexity index is 466. The van der Waals surface area contributed by atoms with Crippen molar-refractivity contribution in [3.63, 3.8) is 0 Å². The normalized spacial score (nSPS) is 17.7. The number of nitrogens with one attached hydrogen (secondary N) is 1. The lowest BCUT2D eigenvalue weighted by Gasteiger charge is -2.29. The van der Waals surface area contributed by atoms with Crippen LogP contribution in [0.15, 0.2) is 18.2 Å². The van der Waals surface area contributed by atoms with E-state index in [1.165, 1.54) is 6.07 Å². The molecule has 1 unspecified atom stereocenters. The quantitative estimate of drug-likeness (QED) is 0.900. The SMILES string of the molecule is CC(CN1CCOCC1)Nc1ccc(C#N)cc1F. The van der Waals surface area contributed by atoms with Crippen LogP contribution in [0.2, 0.25) is 0 Å². The van der Waals surface area contributed by atoms with E-state index in [4.69, 9.17) is 10.00 Å². The lowest BCUT2D eigenvalue weighted by atomic mass is 10.2. The van der Waals surface area contributed by atoms with Gasteiger partial charge in [0.1, 0.15) is 5.82 Å². The molecule has 1 aromatic rings. The van der Waals surface area contributed by atoms with Crippen molar-refractivity contribution in [3.05, 3.63) is 29.6 Å². The topological polar surface area (TPSA) is 48.3 Å². The zero-order valence-electron chi connectivity index (χ0n) is 11.0. The van der Waals surface area contributed by atoms with Gasteiger partial charge < -0.3 is 10.1 Å². The van der Waals surface area contributed by atoms with E-state index in [1.54, 1.807) is 12.1 Å². The van der Waals surface area contributed by atoms with Gasteiger partial charge in [0.2, 0.25) is 0 Å². The summed E-state index contributed by atoms with van der Waals surface area (Å²) in [7, 11) is 0. The Hall–Kier alpha value is -1.64. The summed E-state index contributed by atoms with van der Waals surface area (Å²) in [6.07, 6.45) is 0. The fourth-order valence-corrected chi connectivity index (χ4v) is 2.18. The number of ether oxygens (including phenoxy) is 1. The molecule has 102 valence electrons. The molecule has 1 saturated heterocycles. The maximum atomic E-state index is 13.7. The number of nitriles is 1. The molecule has 0 aromatic heterocycles. The Labute approximate surface area is 112 Å². The molecule has 0 spiro atoms. The van der Waals surface area contributed by atoms with E-state index >= 15 is 0 Å². The highest BCUT2D eigenvalue weighted by atomic mass is 19.1.